The van der Waals surface area contributed by atoms with Crippen molar-refractivity contribution in [3.63, 3.8) is 0 Å². The lowest BCUT2D eigenvalue weighted by molar-refractivity contribution is -0.120. The largest absolute Gasteiger partial charge is 0.488 e. The lowest BCUT2D eigenvalue weighted by Crippen LogP contribution is -2.22. The molecule has 0 spiro atoms. The molecule has 0 aliphatic carbocycles. The third kappa shape index (κ3) is 4.68. The van der Waals surface area contributed by atoms with Gasteiger partial charge in [0, 0.05) is 5.69 Å². The molecule has 0 heterocycles. The minimum absolute atomic E-state index is 0.203. The van der Waals surface area contributed by atoms with E-state index in [4.69, 9.17) is 5.11 Å². The average Bonchev–Trinajstić information content (AvgIpc) is 2.28. The van der Waals surface area contributed by atoms with E-state index < -0.39 is 16.4 Å². The van der Waals surface area contributed by atoms with Gasteiger partial charge in [0.2, 0.25) is 5.91 Å². The Bertz CT molecular complexity index is 514. The smallest absolute Gasteiger partial charge is 0.396 e. The third-order valence-electron chi connectivity index (χ3n) is 2.04. The van der Waals surface area contributed by atoms with Gasteiger partial charge in [0.15, 0.2) is 0 Å². The minimum atomic E-state index is -5.05. The van der Waals surface area contributed by atoms with Gasteiger partial charge in [-0.25, -0.2) is 0 Å². The second-order valence-corrected chi connectivity index (χ2v) is 4.53. The van der Waals surface area contributed by atoms with E-state index in [-0.39, 0.29) is 18.3 Å². The van der Waals surface area contributed by atoms with Crippen molar-refractivity contribution in [2.45, 2.75) is 6.92 Å². The zero-order chi connectivity index (χ0) is 13.8. The number of anilines is 1. The SMILES string of the molecule is CC(CO)C(=O)Nc1ccc(OS(=O)(=O)F)cc1. The fraction of sp³-hybridized carbons (Fsp3) is 0.300. The van der Waals surface area contributed by atoms with E-state index in [1.807, 2.05) is 0 Å². The van der Waals surface area contributed by atoms with Crippen LogP contribution in [-0.4, -0.2) is 26.0 Å². The standard InChI is InChI=1S/C10H12FNO5S/c1-7(6-13)10(14)12-8-2-4-9(5-3-8)17-18(11,15)16/h2-5,7,13H,6H2,1H3,(H,12,14). The summed E-state index contributed by atoms with van der Waals surface area (Å²) in [5.41, 5.74) is 0.379. The van der Waals surface area contributed by atoms with Gasteiger partial charge in [-0.1, -0.05) is 10.8 Å². The van der Waals surface area contributed by atoms with Crippen molar-refractivity contribution < 1.29 is 26.4 Å². The number of rotatable bonds is 5. The van der Waals surface area contributed by atoms with Crippen LogP contribution in [0.5, 0.6) is 5.75 Å². The number of benzene rings is 1. The Balaban J connectivity index is 2.69. The third-order valence-corrected chi connectivity index (χ3v) is 2.43. The van der Waals surface area contributed by atoms with E-state index in [0.29, 0.717) is 5.69 Å². The van der Waals surface area contributed by atoms with E-state index >= 15 is 0 Å². The first-order chi connectivity index (χ1) is 8.31. The molecular formula is C10H12FNO5S. The predicted octanol–water partition coefficient (Wildman–Crippen LogP) is 0.847. The Kier molecular flexibility index (Phi) is 4.62. The van der Waals surface area contributed by atoms with Gasteiger partial charge in [0.1, 0.15) is 5.75 Å². The minimum Gasteiger partial charge on any atom is -0.396 e. The molecule has 8 heteroatoms. The lowest BCUT2D eigenvalue weighted by atomic mass is 10.2. The Labute approximate surface area is 104 Å². The maximum Gasteiger partial charge on any atom is 0.488 e. The van der Waals surface area contributed by atoms with E-state index in [0.717, 1.165) is 0 Å². The first kappa shape index (κ1) is 14.4. The monoisotopic (exact) mass is 277 g/mol. The molecule has 0 fully saturated rings. The lowest BCUT2D eigenvalue weighted by Gasteiger charge is -2.09. The molecule has 0 saturated carbocycles. The van der Waals surface area contributed by atoms with Crippen LogP contribution >= 0.6 is 0 Å². The zero-order valence-electron chi connectivity index (χ0n) is 9.46. The van der Waals surface area contributed by atoms with Crippen molar-refractivity contribution in [3.05, 3.63) is 24.3 Å². The van der Waals surface area contributed by atoms with E-state index in [9.17, 15) is 17.1 Å². The summed E-state index contributed by atoms with van der Waals surface area (Å²) in [6, 6.07) is 5.08. The summed E-state index contributed by atoms with van der Waals surface area (Å²) in [5, 5.41) is 11.3. The second kappa shape index (κ2) is 5.78. The molecule has 1 atom stereocenters. The Hall–Kier alpha value is -1.67. The number of amides is 1. The molecule has 1 aromatic carbocycles. The molecule has 18 heavy (non-hydrogen) atoms. The summed E-state index contributed by atoms with van der Waals surface area (Å²) < 4.78 is 36.6. The topological polar surface area (TPSA) is 92.7 Å². The molecular weight excluding hydrogens is 265 g/mol. The first-order valence-electron chi connectivity index (χ1n) is 4.97. The molecule has 0 bridgehead atoms. The van der Waals surface area contributed by atoms with Crippen LogP contribution in [0.1, 0.15) is 6.92 Å². The van der Waals surface area contributed by atoms with E-state index in [1.165, 1.54) is 24.3 Å². The van der Waals surface area contributed by atoms with Crippen LogP contribution < -0.4 is 9.50 Å². The summed E-state index contributed by atoms with van der Waals surface area (Å²) in [6.45, 7) is 1.26. The van der Waals surface area contributed by atoms with Gasteiger partial charge >= 0.3 is 10.5 Å². The Morgan fingerprint density at radius 3 is 2.44 bits per heavy atom. The number of carbonyl (C=O) groups is 1. The number of aliphatic hydroxyl groups is 1. The van der Waals surface area contributed by atoms with Gasteiger partial charge < -0.3 is 14.6 Å². The van der Waals surface area contributed by atoms with Crippen molar-refractivity contribution in [1.29, 1.82) is 0 Å². The average molecular weight is 277 g/mol. The van der Waals surface area contributed by atoms with Crippen LogP contribution in [0.3, 0.4) is 0 Å². The molecule has 6 nitrogen and oxygen atoms in total. The number of carbonyl (C=O) groups excluding carboxylic acids is 1. The summed E-state index contributed by atoms with van der Waals surface area (Å²) in [4.78, 5) is 11.4. The molecule has 1 rings (SSSR count). The number of halogens is 1. The molecule has 1 amide bonds. The summed E-state index contributed by atoms with van der Waals surface area (Å²) >= 11 is 0. The summed E-state index contributed by atoms with van der Waals surface area (Å²) in [5.74, 6) is -1.15. The first-order valence-corrected chi connectivity index (χ1v) is 6.28. The fourth-order valence-corrected chi connectivity index (χ4v) is 1.40. The Morgan fingerprint density at radius 2 is 2.00 bits per heavy atom. The van der Waals surface area contributed by atoms with Gasteiger partial charge in [-0.05, 0) is 24.3 Å². The highest BCUT2D eigenvalue weighted by atomic mass is 32.3. The number of hydrogen-bond donors (Lipinski definition) is 2. The number of aliphatic hydroxyl groups excluding tert-OH is 1. The summed E-state index contributed by atoms with van der Waals surface area (Å²) in [7, 11) is -5.05. The van der Waals surface area contributed by atoms with Crippen molar-refractivity contribution >= 4 is 22.1 Å². The Morgan fingerprint density at radius 1 is 1.44 bits per heavy atom. The van der Waals surface area contributed by atoms with Gasteiger partial charge in [0.25, 0.3) is 0 Å². The van der Waals surface area contributed by atoms with E-state index in [2.05, 4.69) is 9.50 Å². The van der Waals surface area contributed by atoms with Gasteiger partial charge in [-0.2, -0.15) is 8.42 Å². The molecule has 1 unspecified atom stereocenters. The van der Waals surface area contributed by atoms with Crippen LogP contribution in [0, 0.1) is 5.92 Å². The second-order valence-electron chi connectivity index (χ2n) is 3.57. The molecule has 0 aromatic heterocycles. The highest BCUT2D eigenvalue weighted by Gasteiger charge is 2.12. The van der Waals surface area contributed by atoms with E-state index in [1.54, 1.807) is 6.92 Å². The fourth-order valence-electron chi connectivity index (χ4n) is 1.06. The van der Waals surface area contributed by atoms with Crippen molar-refractivity contribution in [3.8, 4) is 5.75 Å². The molecule has 0 radical (unpaired) electrons. The maximum atomic E-state index is 12.2. The van der Waals surface area contributed by atoms with Crippen molar-refractivity contribution in [1.82, 2.24) is 0 Å². The van der Waals surface area contributed by atoms with Crippen LogP contribution in [0.15, 0.2) is 24.3 Å². The quantitative estimate of drug-likeness (QED) is 0.778. The van der Waals surface area contributed by atoms with Crippen LogP contribution in [0.2, 0.25) is 0 Å². The van der Waals surface area contributed by atoms with Gasteiger partial charge in [0.05, 0.1) is 12.5 Å². The van der Waals surface area contributed by atoms with Crippen molar-refractivity contribution in [2.75, 3.05) is 11.9 Å². The van der Waals surface area contributed by atoms with Crippen molar-refractivity contribution in [2.24, 2.45) is 5.92 Å². The highest BCUT2D eigenvalue weighted by molar-refractivity contribution is 7.81. The van der Waals surface area contributed by atoms with Gasteiger partial charge in [-0.3, -0.25) is 4.79 Å². The molecule has 0 saturated heterocycles. The maximum absolute atomic E-state index is 12.2. The number of hydrogen-bond acceptors (Lipinski definition) is 5. The molecule has 0 aliphatic heterocycles. The van der Waals surface area contributed by atoms with Crippen LogP contribution in [0.4, 0.5) is 9.57 Å². The molecule has 2 N–H and O–H groups in total. The highest BCUT2D eigenvalue weighted by Crippen LogP contribution is 2.18. The number of nitrogens with one attached hydrogen (secondary N) is 1. The summed E-state index contributed by atoms with van der Waals surface area (Å²) in [6.07, 6.45) is 0. The van der Waals surface area contributed by atoms with Gasteiger partial charge in [-0.15, -0.1) is 0 Å². The zero-order valence-corrected chi connectivity index (χ0v) is 10.3. The van der Waals surface area contributed by atoms with Crippen LogP contribution in [-0.2, 0) is 15.3 Å². The molecule has 0 aliphatic rings. The molecule has 1 aromatic rings. The molecule has 100 valence electrons. The predicted molar refractivity (Wildman–Crippen MR) is 62.0 cm³/mol. The normalized spacial score (nSPS) is 12.8. The van der Waals surface area contributed by atoms with Crippen LogP contribution in [0.25, 0.3) is 0 Å².